The van der Waals surface area contributed by atoms with Crippen LogP contribution in [-0.2, 0) is 9.59 Å². The van der Waals surface area contributed by atoms with E-state index in [1.807, 2.05) is 6.92 Å². The maximum absolute atomic E-state index is 12.0. The van der Waals surface area contributed by atoms with Crippen LogP contribution < -0.4 is 10.6 Å². The lowest BCUT2D eigenvalue weighted by atomic mass is 10.1. The number of carbonyl (C=O) groups is 2. The fraction of sp³-hybridized carbons (Fsp3) is 0.750. The van der Waals surface area contributed by atoms with E-state index in [-0.39, 0.29) is 11.8 Å². The number of unbranched alkanes of at least 4 members (excludes halogenated alkanes) is 5. The van der Waals surface area contributed by atoms with Crippen LogP contribution in [0, 0.1) is 0 Å². The minimum Gasteiger partial charge on any atom is -0.354 e. The minimum absolute atomic E-state index is 0.152. The van der Waals surface area contributed by atoms with Crippen molar-refractivity contribution in [1.29, 1.82) is 0 Å². The molecule has 116 valence electrons. The van der Waals surface area contributed by atoms with Crippen LogP contribution >= 0.6 is 0 Å². The molecule has 2 amide bonds. The van der Waals surface area contributed by atoms with Gasteiger partial charge >= 0.3 is 0 Å². The Labute approximate surface area is 123 Å². The van der Waals surface area contributed by atoms with Crippen molar-refractivity contribution in [3.63, 3.8) is 0 Å². The topological polar surface area (TPSA) is 58.2 Å². The molecule has 4 nitrogen and oxygen atoms in total. The largest absolute Gasteiger partial charge is 0.354 e. The molecule has 0 aliphatic carbocycles. The maximum atomic E-state index is 12.0. The first-order valence-electron chi connectivity index (χ1n) is 7.75. The molecule has 0 heterocycles. The molecule has 0 bridgehead atoms. The van der Waals surface area contributed by atoms with Crippen molar-refractivity contribution in [2.75, 3.05) is 6.54 Å². The van der Waals surface area contributed by atoms with Gasteiger partial charge in [-0.1, -0.05) is 52.5 Å². The smallest absolute Gasteiger partial charge is 0.246 e. The van der Waals surface area contributed by atoms with E-state index in [4.69, 9.17) is 0 Å². The van der Waals surface area contributed by atoms with Crippen LogP contribution in [0.3, 0.4) is 0 Å². The molecule has 0 radical (unpaired) electrons. The number of hydrogen-bond donors (Lipinski definition) is 2. The summed E-state index contributed by atoms with van der Waals surface area (Å²) in [7, 11) is 0. The Balaban J connectivity index is 3.95. The fourth-order valence-electron chi connectivity index (χ4n) is 1.98. The lowest BCUT2D eigenvalue weighted by Crippen LogP contribution is -2.47. The van der Waals surface area contributed by atoms with Crippen LogP contribution in [0.5, 0.6) is 0 Å². The lowest BCUT2D eigenvalue weighted by Gasteiger charge is -2.19. The SMILES string of the molecule is C=C(CC)[C@H](NC(C)=O)C(=O)NCCCCCCCC. The van der Waals surface area contributed by atoms with Crippen molar-refractivity contribution < 1.29 is 9.59 Å². The van der Waals surface area contributed by atoms with E-state index in [2.05, 4.69) is 24.1 Å². The van der Waals surface area contributed by atoms with Gasteiger partial charge in [-0.3, -0.25) is 9.59 Å². The van der Waals surface area contributed by atoms with Gasteiger partial charge in [0.2, 0.25) is 11.8 Å². The van der Waals surface area contributed by atoms with Gasteiger partial charge in [0.25, 0.3) is 0 Å². The van der Waals surface area contributed by atoms with Gasteiger partial charge in [-0.25, -0.2) is 0 Å². The average Bonchev–Trinajstić information content (AvgIpc) is 2.42. The van der Waals surface area contributed by atoms with Crippen molar-refractivity contribution in [2.24, 2.45) is 0 Å². The van der Waals surface area contributed by atoms with Crippen LogP contribution in [0.15, 0.2) is 12.2 Å². The quantitative estimate of drug-likeness (QED) is 0.452. The number of rotatable bonds is 11. The highest BCUT2D eigenvalue weighted by Gasteiger charge is 2.20. The number of carbonyl (C=O) groups excluding carboxylic acids is 2. The zero-order valence-electron chi connectivity index (χ0n) is 13.3. The Hall–Kier alpha value is -1.32. The fourth-order valence-corrected chi connectivity index (χ4v) is 1.98. The summed E-state index contributed by atoms with van der Waals surface area (Å²) in [4.78, 5) is 23.2. The van der Waals surface area contributed by atoms with Gasteiger partial charge in [0.1, 0.15) is 6.04 Å². The highest BCUT2D eigenvalue weighted by Crippen LogP contribution is 2.06. The molecular formula is C16H30N2O2. The molecule has 20 heavy (non-hydrogen) atoms. The van der Waals surface area contributed by atoms with Gasteiger partial charge in [0.15, 0.2) is 0 Å². The predicted octanol–water partition coefficient (Wildman–Crippen LogP) is 2.93. The van der Waals surface area contributed by atoms with Crippen molar-refractivity contribution >= 4 is 11.8 Å². The van der Waals surface area contributed by atoms with Crippen molar-refractivity contribution in [2.45, 2.75) is 71.8 Å². The molecule has 0 saturated heterocycles. The third-order valence-corrected chi connectivity index (χ3v) is 3.30. The summed E-state index contributed by atoms with van der Waals surface area (Å²) in [6.07, 6.45) is 7.82. The Kier molecular flexibility index (Phi) is 10.7. The predicted molar refractivity (Wildman–Crippen MR) is 83.4 cm³/mol. The van der Waals surface area contributed by atoms with Gasteiger partial charge in [-0.05, 0) is 18.4 Å². The molecule has 0 aliphatic rings. The number of nitrogens with one attached hydrogen (secondary N) is 2. The van der Waals surface area contributed by atoms with Crippen molar-refractivity contribution in [1.82, 2.24) is 10.6 Å². The van der Waals surface area contributed by atoms with Crippen LogP contribution in [0.1, 0.15) is 65.7 Å². The molecule has 1 atom stereocenters. The zero-order chi connectivity index (χ0) is 15.4. The number of hydrogen-bond acceptors (Lipinski definition) is 2. The lowest BCUT2D eigenvalue weighted by molar-refractivity contribution is -0.127. The molecule has 0 spiro atoms. The molecule has 0 aromatic heterocycles. The first kappa shape index (κ1) is 18.7. The van der Waals surface area contributed by atoms with E-state index in [1.165, 1.54) is 32.6 Å². The molecule has 2 N–H and O–H groups in total. The Morgan fingerprint density at radius 2 is 1.65 bits per heavy atom. The highest BCUT2D eigenvalue weighted by atomic mass is 16.2. The molecule has 0 aromatic rings. The van der Waals surface area contributed by atoms with E-state index < -0.39 is 6.04 Å². The third-order valence-electron chi connectivity index (χ3n) is 3.30. The van der Waals surface area contributed by atoms with Crippen LogP contribution in [0.2, 0.25) is 0 Å². The highest BCUT2D eigenvalue weighted by molar-refractivity contribution is 5.89. The summed E-state index contributed by atoms with van der Waals surface area (Å²) in [5.74, 6) is -0.361. The van der Waals surface area contributed by atoms with E-state index >= 15 is 0 Å². The summed E-state index contributed by atoms with van der Waals surface area (Å²) in [6.45, 7) is 10.1. The standard InChI is InChI=1S/C16H30N2O2/c1-5-7-8-9-10-11-12-17-16(20)15(13(3)6-2)18-14(4)19/h15H,3,5-12H2,1-2,4H3,(H,17,20)(H,18,19)/t15-/m0/s1. The molecule has 0 aromatic carbocycles. The third kappa shape index (κ3) is 8.73. The summed E-state index contributed by atoms with van der Waals surface area (Å²) >= 11 is 0. The molecule has 0 fully saturated rings. The summed E-state index contributed by atoms with van der Waals surface area (Å²) in [5.41, 5.74) is 0.737. The van der Waals surface area contributed by atoms with Crippen molar-refractivity contribution in [3.05, 3.63) is 12.2 Å². The van der Waals surface area contributed by atoms with Gasteiger partial charge in [-0.2, -0.15) is 0 Å². The van der Waals surface area contributed by atoms with E-state index in [0.717, 1.165) is 18.4 Å². The second-order valence-electron chi connectivity index (χ2n) is 5.20. The van der Waals surface area contributed by atoms with Crippen LogP contribution in [-0.4, -0.2) is 24.4 Å². The maximum Gasteiger partial charge on any atom is 0.246 e. The minimum atomic E-state index is -0.599. The van der Waals surface area contributed by atoms with E-state index in [9.17, 15) is 9.59 Å². The summed E-state index contributed by atoms with van der Waals surface area (Å²) in [6, 6.07) is -0.599. The first-order chi connectivity index (χ1) is 9.52. The Morgan fingerprint density at radius 1 is 1.05 bits per heavy atom. The van der Waals surface area contributed by atoms with Crippen LogP contribution in [0.25, 0.3) is 0 Å². The number of amides is 2. The molecule has 4 heteroatoms. The summed E-state index contributed by atoms with van der Waals surface area (Å²) < 4.78 is 0. The average molecular weight is 282 g/mol. The second kappa shape index (κ2) is 11.5. The zero-order valence-corrected chi connectivity index (χ0v) is 13.3. The monoisotopic (exact) mass is 282 g/mol. The van der Waals surface area contributed by atoms with Gasteiger partial charge in [0, 0.05) is 13.5 Å². The molecule has 0 unspecified atom stereocenters. The normalized spacial score (nSPS) is 11.8. The Bertz CT molecular complexity index is 314. The molecule has 0 aliphatic heterocycles. The van der Waals surface area contributed by atoms with E-state index in [1.54, 1.807) is 0 Å². The second-order valence-corrected chi connectivity index (χ2v) is 5.20. The summed E-state index contributed by atoms with van der Waals surface area (Å²) in [5, 5.41) is 5.53. The van der Waals surface area contributed by atoms with E-state index in [0.29, 0.717) is 13.0 Å². The van der Waals surface area contributed by atoms with Crippen molar-refractivity contribution in [3.8, 4) is 0 Å². The molecular weight excluding hydrogens is 252 g/mol. The van der Waals surface area contributed by atoms with Crippen LogP contribution in [0.4, 0.5) is 0 Å². The Morgan fingerprint density at radius 3 is 2.20 bits per heavy atom. The van der Waals surface area contributed by atoms with Gasteiger partial charge < -0.3 is 10.6 Å². The van der Waals surface area contributed by atoms with Gasteiger partial charge in [-0.15, -0.1) is 0 Å². The molecule has 0 rings (SSSR count). The molecule has 0 saturated carbocycles. The first-order valence-corrected chi connectivity index (χ1v) is 7.75. The van der Waals surface area contributed by atoms with Gasteiger partial charge in [0.05, 0.1) is 0 Å².